The number of rotatable bonds is 8. The third-order valence-electron chi connectivity index (χ3n) is 6.20. The lowest BCUT2D eigenvalue weighted by Gasteiger charge is -2.37. The van der Waals surface area contributed by atoms with Crippen molar-refractivity contribution in [2.24, 2.45) is 0 Å². The molecule has 178 valence electrons. The number of carbonyl (C=O) groups excluding carboxylic acids is 1. The second kappa shape index (κ2) is 11.0. The number of aryl methyl sites for hydroxylation is 2. The Morgan fingerprint density at radius 3 is 2.18 bits per heavy atom. The topological polar surface area (TPSA) is 53.0 Å². The third-order valence-corrected chi connectivity index (χ3v) is 6.45. The second-order valence-electron chi connectivity index (χ2n) is 8.90. The maximum Gasteiger partial charge on any atom is 0.193 e. The number of anilines is 1. The molecule has 1 fully saturated rings. The van der Waals surface area contributed by atoms with E-state index >= 15 is 0 Å². The smallest absolute Gasteiger partial charge is 0.193 e. The van der Waals surface area contributed by atoms with Gasteiger partial charge in [0, 0.05) is 54.6 Å². The molecule has 0 radical (unpaired) electrons. The van der Waals surface area contributed by atoms with E-state index < -0.39 is 6.10 Å². The van der Waals surface area contributed by atoms with Gasteiger partial charge in [0.05, 0.1) is 0 Å². The Kier molecular flexibility index (Phi) is 7.88. The van der Waals surface area contributed by atoms with E-state index in [9.17, 15) is 9.90 Å². The van der Waals surface area contributed by atoms with Crippen molar-refractivity contribution >= 4 is 23.1 Å². The van der Waals surface area contributed by atoms with Crippen LogP contribution in [0.15, 0.2) is 66.7 Å². The molecule has 1 saturated heterocycles. The molecule has 0 amide bonds. The molecule has 3 aromatic rings. The summed E-state index contributed by atoms with van der Waals surface area (Å²) in [4.78, 5) is 17.3. The highest BCUT2D eigenvalue weighted by Crippen LogP contribution is 2.23. The number of piperazine rings is 1. The van der Waals surface area contributed by atoms with Crippen molar-refractivity contribution in [3.8, 4) is 5.75 Å². The predicted octanol–water partition coefficient (Wildman–Crippen LogP) is 4.75. The Morgan fingerprint density at radius 2 is 1.56 bits per heavy atom. The van der Waals surface area contributed by atoms with Gasteiger partial charge < -0.3 is 14.7 Å². The van der Waals surface area contributed by atoms with E-state index in [0.717, 1.165) is 26.2 Å². The molecule has 1 unspecified atom stereocenters. The molecule has 1 heterocycles. The van der Waals surface area contributed by atoms with Crippen LogP contribution in [-0.2, 0) is 0 Å². The Bertz CT molecular complexity index is 1110. The molecule has 0 bridgehead atoms. The van der Waals surface area contributed by atoms with Crippen molar-refractivity contribution in [2.75, 3.05) is 44.2 Å². The van der Waals surface area contributed by atoms with Crippen LogP contribution >= 0.6 is 11.6 Å². The summed E-state index contributed by atoms with van der Waals surface area (Å²) >= 11 is 5.89. The lowest BCUT2D eigenvalue weighted by atomic mass is 10.0. The fraction of sp³-hybridized carbons (Fsp3) is 0.321. The van der Waals surface area contributed by atoms with Crippen LogP contribution in [0.2, 0.25) is 5.02 Å². The van der Waals surface area contributed by atoms with Gasteiger partial charge in [0.1, 0.15) is 18.5 Å². The van der Waals surface area contributed by atoms with Crippen LogP contribution in [0, 0.1) is 13.8 Å². The molecule has 3 aromatic carbocycles. The number of nitrogens with zero attached hydrogens (tertiary/aromatic N) is 2. The van der Waals surface area contributed by atoms with E-state index in [4.69, 9.17) is 16.3 Å². The Labute approximate surface area is 206 Å². The number of halogens is 1. The molecule has 0 aliphatic carbocycles. The molecule has 1 aliphatic rings. The molecule has 1 N–H and O–H groups in total. The summed E-state index contributed by atoms with van der Waals surface area (Å²) in [5.74, 6) is 0.564. The van der Waals surface area contributed by atoms with E-state index in [1.807, 2.05) is 0 Å². The molecular weight excluding hydrogens is 448 g/mol. The number of aliphatic hydroxyl groups is 1. The van der Waals surface area contributed by atoms with Crippen molar-refractivity contribution in [2.45, 2.75) is 20.0 Å². The van der Waals surface area contributed by atoms with E-state index in [-0.39, 0.29) is 12.4 Å². The van der Waals surface area contributed by atoms with Crippen LogP contribution in [0.1, 0.15) is 27.0 Å². The van der Waals surface area contributed by atoms with Gasteiger partial charge in [-0.2, -0.15) is 0 Å². The van der Waals surface area contributed by atoms with Crippen molar-refractivity contribution in [3.63, 3.8) is 0 Å². The van der Waals surface area contributed by atoms with Gasteiger partial charge in [-0.05, 0) is 74.0 Å². The molecule has 6 heteroatoms. The van der Waals surface area contributed by atoms with Gasteiger partial charge in [0.15, 0.2) is 5.78 Å². The number of ether oxygens (including phenoxy) is 1. The zero-order valence-corrected chi connectivity index (χ0v) is 20.5. The summed E-state index contributed by atoms with van der Waals surface area (Å²) in [5.41, 5.74) is 5.06. The van der Waals surface area contributed by atoms with Gasteiger partial charge >= 0.3 is 0 Å². The fourth-order valence-corrected chi connectivity index (χ4v) is 4.47. The summed E-state index contributed by atoms with van der Waals surface area (Å²) in [5, 5.41) is 11.1. The maximum atomic E-state index is 12.6. The number of hydrogen-bond acceptors (Lipinski definition) is 5. The first-order valence-corrected chi connectivity index (χ1v) is 12.0. The van der Waals surface area contributed by atoms with Gasteiger partial charge in [0.25, 0.3) is 0 Å². The van der Waals surface area contributed by atoms with E-state index in [0.29, 0.717) is 28.4 Å². The van der Waals surface area contributed by atoms with E-state index in [1.54, 1.807) is 48.5 Å². The van der Waals surface area contributed by atoms with Crippen LogP contribution in [0.3, 0.4) is 0 Å². The van der Waals surface area contributed by atoms with Crippen molar-refractivity contribution in [1.29, 1.82) is 0 Å². The Balaban J connectivity index is 1.22. The Hall–Kier alpha value is -2.86. The zero-order chi connectivity index (χ0) is 24.1. The molecule has 5 nitrogen and oxygen atoms in total. The second-order valence-corrected chi connectivity index (χ2v) is 9.34. The predicted molar refractivity (Wildman–Crippen MR) is 137 cm³/mol. The first kappa shape index (κ1) is 24.3. The zero-order valence-electron chi connectivity index (χ0n) is 19.7. The highest BCUT2D eigenvalue weighted by atomic mass is 35.5. The minimum absolute atomic E-state index is 0.0665. The summed E-state index contributed by atoms with van der Waals surface area (Å²) < 4.78 is 5.77. The number of benzene rings is 3. The number of β-amino-alcohol motifs (C(OH)–C–C–N with tert-alkyl or cyclic N) is 1. The van der Waals surface area contributed by atoms with Crippen LogP contribution in [0.5, 0.6) is 5.75 Å². The van der Waals surface area contributed by atoms with Gasteiger partial charge in [-0.1, -0.05) is 29.3 Å². The molecule has 4 rings (SSSR count). The van der Waals surface area contributed by atoms with Crippen molar-refractivity contribution in [1.82, 2.24) is 4.90 Å². The number of hydrogen-bond donors (Lipinski definition) is 1. The molecule has 34 heavy (non-hydrogen) atoms. The highest BCUT2D eigenvalue weighted by molar-refractivity contribution is 6.30. The maximum absolute atomic E-state index is 12.6. The van der Waals surface area contributed by atoms with Gasteiger partial charge in [-0.25, -0.2) is 0 Å². The van der Waals surface area contributed by atoms with Gasteiger partial charge in [-0.15, -0.1) is 0 Å². The summed E-state index contributed by atoms with van der Waals surface area (Å²) in [6.07, 6.45) is -0.581. The number of aliphatic hydroxyl groups excluding tert-OH is 1. The van der Waals surface area contributed by atoms with Crippen LogP contribution < -0.4 is 9.64 Å². The quantitative estimate of drug-likeness (QED) is 0.473. The highest BCUT2D eigenvalue weighted by Gasteiger charge is 2.20. The average molecular weight is 479 g/mol. The fourth-order valence-electron chi connectivity index (χ4n) is 4.35. The minimum Gasteiger partial charge on any atom is -0.491 e. The summed E-state index contributed by atoms with van der Waals surface area (Å²) in [6, 6.07) is 20.4. The standard InChI is InChI=1S/C28H31ClN2O3/c1-20-3-12-27(21(2)17-20)31-15-13-30(14-16-31)18-25(32)19-34-26-10-6-23(7-11-26)28(33)22-4-8-24(29)9-5-22/h3-12,17,25,32H,13-16,18-19H2,1-2H3. The van der Waals surface area contributed by atoms with Gasteiger partial charge in [0.2, 0.25) is 0 Å². The average Bonchev–Trinajstić information content (AvgIpc) is 2.84. The monoisotopic (exact) mass is 478 g/mol. The lowest BCUT2D eigenvalue weighted by Crippen LogP contribution is -2.49. The first-order chi connectivity index (χ1) is 16.4. The summed E-state index contributed by atoms with van der Waals surface area (Å²) in [7, 11) is 0. The van der Waals surface area contributed by atoms with Crippen LogP contribution in [0.25, 0.3) is 0 Å². The first-order valence-electron chi connectivity index (χ1n) is 11.6. The van der Waals surface area contributed by atoms with E-state index in [2.05, 4.69) is 41.8 Å². The summed E-state index contributed by atoms with van der Waals surface area (Å²) in [6.45, 7) is 8.78. The Morgan fingerprint density at radius 1 is 0.941 bits per heavy atom. The minimum atomic E-state index is -0.581. The SMILES string of the molecule is Cc1ccc(N2CCN(CC(O)COc3ccc(C(=O)c4ccc(Cl)cc4)cc3)CC2)c(C)c1. The number of ketones is 1. The van der Waals surface area contributed by atoms with Crippen molar-refractivity contribution < 1.29 is 14.6 Å². The normalized spacial score (nSPS) is 15.2. The van der Waals surface area contributed by atoms with Crippen LogP contribution in [0.4, 0.5) is 5.69 Å². The molecule has 0 aromatic heterocycles. The molecular formula is C28H31ClN2O3. The largest absolute Gasteiger partial charge is 0.491 e. The van der Waals surface area contributed by atoms with Crippen LogP contribution in [-0.4, -0.2) is 61.2 Å². The molecule has 1 atom stereocenters. The third kappa shape index (κ3) is 6.17. The van der Waals surface area contributed by atoms with Crippen molar-refractivity contribution in [3.05, 3.63) is 94.0 Å². The number of carbonyl (C=O) groups is 1. The molecule has 0 spiro atoms. The van der Waals surface area contributed by atoms with E-state index in [1.165, 1.54) is 16.8 Å². The van der Waals surface area contributed by atoms with Gasteiger partial charge in [-0.3, -0.25) is 9.69 Å². The molecule has 1 aliphatic heterocycles. The molecule has 0 saturated carbocycles. The lowest BCUT2D eigenvalue weighted by molar-refractivity contribution is 0.0663.